The highest BCUT2D eigenvalue weighted by molar-refractivity contribution is 6.32. The summed E-state index contributed by atoms with van der Waals surface area (Å²) in [6.07, 6.45) is 2.02. The van der Waals surface area contributed by atoms with Gasteiger partial charge in [0.15, 0.2) is 6.29 Å². The molecule has 2 heterocycles. The van der Waals surface area contributed by atoms with Gasteiger partial charge in [-0.15, -0.1) is 0 Å². The maximum absolute atomic E-state index is 11.9. The van der Waals surface area contributed by atoms with Crippen LogP contribution in [0.2, 0.25) is 5.15 Å². The fraction of sp³-hybridized carbons (Fsp3) is 0. The highest BCUT2D eigenvalue weighted by Crippen LogP contribution is 2.33. The number of carbonyl (C=O) groups is 1. The number of carbonyl (C=O) groups excluding carboxylic acids is 1. The Labute approximate surface area is 118 Å². The van der Waals surface area contributed by atoms with Crippen LogP contribution in [0.3, 0.4) is 0 Å². The third kappa shape index (κ3) is 1.90. The number of para-hydroxylation sites is 1. The summed E-state index contributed by atoms with van der Waals surface area (Å²) < 4.78 is 5.14. The van der Waals surface area contributed by atoms with Gasteiger partial charge < -0.3 is 4.42 Å². The quantitative estimate of drug-likeness (QED) is 0.412. The molecule has 0 aliphatic carbocycles. The summed E-state index contributed by atoms with van der Waals surface area (Å²) in [6.45, 7) is 0. The van der Waals surface area contributed by atoms with E-state index >= 15 is 0 Å². The highest BCUT2D eigenvalue weighted by atomic mass is 35.5. The average molecular weight is 286 g/mol. The van der Waals surface area contributed by atoms with E-state index in [1.54, 1.807) is 42.6 Å². The van der Waals surface area contributed by atoms with Crippen molar-refractivity contribution in [3.63, 3.8) is 0 Å². The maximum Gasteiger partial charge on any atom is 0.347 e. The molecule has 98 valence electrons. The first kappa shape index (κ1) is 12.6. The monoisotopic (exact) mass is 285 g/mol. The maximum atomic E-state index is 11.9. The number of rotatable bonds is 2. The number of pyridine rings is 1. The summed E-state index contributed by atoms with van der Waals surface area (Å²) in [5, 5.41) is 0.871. The van der Waals surface area contributed by atoms with E-state index in [1.165, 1.54) is 0 Å². The lowest BCUT2D eigenvalue weighted by Gasteiger charge is -2.09. The lowest BCUT2D eigenvalue weighted by atomic mass is 9.99. The minimum Gasteiger partial charge on any atom is -0.422 e. The molecule has 0 N–H and O–H groups in total. The Morgan fingerprint density at radius 1 is 1.15 bits per heavy atom. The first-order valence-electron chi connectivity index (χ1n) is 5.84. The smallest absolute Gasteiger partial charge is 0.347 e. The number of nitrogens with zero attached hydrogens (tertiary/aromatic N) is 1. The molecule has 4 nitrogen and oxygen atoms in total. The Hall–Kier alpha value is -2.46. The van der Waals surface area contributed by atoms with Gasteiger partial charge in [-0.05, 0) is 18.2 Å². The van der Waals surface area contributed by atoms with Crippen LogP contribution in [-0.4, -0.2) is 11.3 Å². The molecule has 0 saturated carbocycles. The van der Waals surface area contributed by atoms with Gasteiger partial charge >= 0.3 is 5.63 Å². The van der Waals surface area contributed by atoms with E-state index in [1.807, 2.05) is 0 Å². The summed E-state index contributed by atoms with van der Waals surface area (Å²) in [7, 11) is 0. The molecule has 5 heteroatoms. The van der Waals surface area contributed by atoms with Crippen molar-refractivity contribution in [1.29, 1.82) is 0 Å². The van der Waals surface area contributed by atoms with Crippen LogP contribution in [0.5, 0.6) is 0 Å². The zero-order chi connectivity index (χ0) is 14.1. The van der Waals surface area contributed by atoms with Crippen LogP contribution in [0.15, 0.2) is 51.8 Å². The minimum absolute atomic E-state index is 0.0569. The average Bonchev–Trinajstić information content (AvgIpc) is 2.46. The fourth-order valence-corrected chi connectivity index (χ4v) is 2.35. The fourth-order valence-electron chi connectivity index (χ4n) is 2.13. The predicted molar refractivity (Wildman–Crippen MR) is 76.1 cm³/mol. The van der Waals surface area contributed by atoms with Gasteiger partial charge in [0.1, 0.15) is 16.3 Å². The first-order chi connectivity index (χ1) is 9.72. The Morgan fingerprint density at radius 2 is 1.95 bits per heavy atom. The second kappa shape index (κ2) is 4.90. The molecule has 0 aliphatic rings. The molecule has 0 bridgehead atoms. The summed E-state index contributed by atoms with van der Waals surface area (Å²) in [5.74, 6) is 0. The number of hydrogen-bond acceptors (Lipinski definition) is 4. The van der Waals surface area contributed by atoms with Crippen LogP contribution in [0.1, 0.15) is 10.4 Å². The van der Waals surface area contributed by atoms with Crippen molar-refractivity contribution in [2.24, 2.45) is 0 Å². The van der Waals surface area contributed by atoms with Gasteiger partial charge in [0, 0.05) is 22.7 Å². The molecule has 0 unspecified atom stereocenters. The van der Waals surface area contributed by atoms with Crippen LogP contribution in [0.25, 0.3) is 22.1 Å². The second-order valence-corrected chi connectivity index (χ2v) is 4.49. The van der Waals surface area contributed by atoms with E-state index in [4.69, 9.17) is 16.0 Å². The number of fused-ring (bicyclic) bond motifs is 1. The molecule has 2 aromatic heterocycles. The van der Waals surface area contributed by atoms with Crippen molar-refractivity contribution in [3.8, 4) is 11.1 Å². The number of benzene rings is 1. The van der Waals surface area contributed by atoms with Crippen LogP contribution < -0.4 is 5.63 Å². The topological polar surface area (TPSA) is 60.2 Å². The molecule has 20 heavy (non-hydrogen) atoms. The minimum atomic E-state index is -0.686. The number of halogens is 1. The van der Waals surface area contributed by atoms with Crippen LogP contribution >= 0.6 is 11.6 Å². The normalized spacial score (nSPS) is 10.7. The van der Waals surface area contributed by atoms with Crippen molar-refractivity contribution >= 4 is 28.9 Å². The van der Waals surface area contributed by atoms with E-state index in [2.05, 4.69) is 4.98 Å². The molecule has 0 amide bonds. The summed E-state index contributed by atoms with van der Waals surface area (Å²) in [4.78, 5) is 27.1. The SMILES string of the molecule is O=Cc1c(-c2cccnc2Cl)c2ccccc2oc1=O. The molecular weight excluding hydrogens is 278 g/mol. The molecule has 0 spiro atoms. The lowest BCUT2D eigenvalue weighted by Crippen LogP contribution is -2.09. The van der Waals surface area contributed by atoms with Crippen molar-refractivity contribution in [2.45, 2.75) is 0 Å². The van der Waals surface area contributed by atoms with Crippen molar-refractivity contribution in [2.75, 3.05) is 0 Å². The van der Waals surface area contributed by atoms with Gasteiger partial charge in [-0.1, -0.05) is 29.8 Å². The molecule has 3 aromatic rings. The van der Waals surface area contributed by atoms with E-state index in [-0.39, 0.29) is 10.7 Å². The van der Waals surface area contributed by atoms with Crippen molar-refractivity contribution in [1.82, 2.24) is 4.98 Å². The largest absolute Gasteiger partial charge is 0.422 e. The molecule has 3 rings (SSSR count). The van der Waals surface area contributed by atoms with E-state index in [0.29, 0.717) is 28.4 Å². The summed E-state index contributed by atoms with van der Waals surface area (Å²) in [5.41, 5.74) is 0.635. The van der Waals surface area contributed by atoms with E-state index in [9.17, 15) is 9.59 Å². The molecular formula is C15H8ClNO3. The van der Waals surface area contributed by atoms with Gasteiger partial charge in [0.05, 0.1) is 0 Å². The second-order valence-electron chi connectivity index (χ2n) is 4.13. The van der Waals surface area contributed by atoms with Gasteiger partial charge in [-0.2, -0.15) is 0 Å². The van der Waals surface area contributed by atoms with E-state index in [0.717, 1.165) is 0 Å². The Kier molecular flexibility index (Phi) is 3.08. The molecule has 1 aromatic carbocycles. The van der Waals surface area contributed by atoms with Crippen molar-refractivity contribution in [3.05, 3.63) is 63.7 Å². The molecule has 0 aliphatic heterocycles. The van der Waals surface area contributed by atoms with Gasteiger partial charge in [-0.3, -0.25) is 4.79 Å². The van der Waals surface area contributed by atoms with Gasteiger partial charge in [0.25, 0.3) is 0 Å². The predicted octanol–water partition coefficient (Wildman–Crippen LogP) is 3.32. The van der Waals surface area contributed by atoms with Crippen molar-refractivity contribution < 1.29 is 9.21 Å². The number of aromatic nitrogens is 1. The Balaban J connectivity index is 2.53. The molecule has 0 atom stereocenters. The Morgan fingerprint density at radius 3 is 2.70 bits per heavy atom. The number of hydrogen-bond donors (Lipinski definition) is 0. The summed E-state index contributed by atoms with van der Waals surface area (Å²) in [6, 6.07) is 10.4. The lowest BCUT2D eigenvalue weighted by molar-refractivity contribution is 0.112. The van der Waals surface area contributed by atoms with Crippen LogP contribution in [-0.2, 0) is 0 Å². The number of aldehydes is 1. The molecule has 0 saturated heterocycles. The third-order valence-electron chi connectivity index (χ3n) is 2.99. The van der Waals surface area contributed by atoms with Crippen LogP contribution in [0, 0.1) is 0 Å². The highest BCUT2D eigenvalue weighted by Gasteiger charge is 2.17. The van der Waals surface area contributed by atoms with Gasteiger partial charge in [-0.25, -0.2) is 9.78 Å². The Bertz CT molecular complexity index is 870. The van der Waals surface area contributed by atoms with Crippen LogP contribution in [0.4, 0.5) is 0 Å². The first-order valence-corrected chi connectivity index (χ1v) is 6.22. The molecule has 0 fully saturated rings. The zero-order valence-corrected chi connectivity index (χ0v) is 10.9. The zero-order valence-electron chi connectivity index (χ0n) is 10.2. The standard InChI is InChI=1S/C15H8ClNO3/c16-14-10(5-3-7-17-14)13-9-4-1-2-6-12(9)20-15(19)11(13)8-18/h1-8H. The molecule has 0 radical (unpaired) electrons. The third-order valence-corrected chi connectivity index (χ3v) is 3.30. The van der Waals surface area contributed by atoms with Gasteiger partial charge in [0.2, 0.25) is 0 Å². The van der Waals surface area contributed by atoms with E-state index < -0.39 is 5.63 Å². The summed E-state index contributed by atoms with van der Waals surface area (Å²) >= 11 is 6.08.